The number of hydrogen-bond acceptors (Lipinski definition) is 4. The van der Waals surface area contributed by atoms with Crippen LogP contribution in [0.2, 0.25) is 0 Å². The Morgan fingerprint density at radius 1 is 0.875 bits per heavy atom. The molecular weight excluding hydrogens is 607 g/mol. The number of benzene rings is 3. The molecule has 8 heteroatoms. The van der Waals surface area contributed by atoms with Gasteiger partial charge in [0.15, 0.2) is 5.79 Å². The van der Waals surface area contributed by atoms with Crippen LogP contribution in [0.15, 0.2) is 84.9 Å². The van der Waals surface area contributed by atoms with Crippen molar-refractivity contribution < 1.29 is 28.6 Å². The molecule has 0 bridgehead atoms. The van der Waals surface area contributed by atoms with Crippen LogP contribution in [-0.4, -0.2) is 39.5 Å². The standard InChI is InChI=1S/C40H47FN2O5/c1-24(2)35-33(37(44)42-29-17-13-10-14-18-29)32(26-15-11-9-12-16-26)36(27-19-21-28(41)22-20-27)43(35)25(3)30-23-31(48-40(7,8)47-30)34(38(45)46)39(4,5)6/h9-22,24-25,30-31,34H,23H2,1-8H3,(H,42,44)(H,45,46)/t25?,30-,31-,34?/m1/s1. The summed E-state index contributed by atoms with van der Waals surface area (Å²) in [5, 5.41) is 13.5. The number of halogens is 1. The van der Waals surface area contributed by atoms with E-state index >= 15 is 0 Å². The minimum Gasteiger partial charge on any atom is -0.481 e. The van der Waals surface area contributed by atoms with Gasteiger partial charge in [-0.3, -0.25) is 9.59 Å². The van der Waals surface area contributed by atoms with Crippen LogP contribution >= 0.6 is 0 Å². The SMILES string of the molecule is CC(C)c1c(C(=O)Nc2ccccc2)c(-c2ccccc2)c(-c2ccc(F)cc2)n1C(C)[C@H]1C[C@H](C(C(=O)O)C(C)(C)C)OC(C)(C)O1. The van der Waals surface area contributed by atoms with Gasteiger partial charge in [-0.25, -0.2) is 4.39 Å². The maximum absolute atomic E-state index is 14.5. The maximum atomic E-state index is 14.5. The van der Waals surface area contributed by atoms with Crippen LogP contribution in [0.25, 0.3) is 22.4 Å². The lowest BCUT2D eigenvalue weighted by Crippen LogP contribution is -2.53. The van der Waals surface area contributed by atoms with E-state index in [4.69, 9.17) is 9.47 Å². The van der Waals surface area contributed by atoms with Crippen LogP contribution in [0.4, 0.5) is 10.1 Å². The maximum Gasteiger partial charge on any atom is 0.309 e. The largest absolute Gasteiger partial charge is 0.481 e. The second-order valence-electron chi connectivity index (χ2n) is 14.6. The summed E-state index contributed by atoms with van der Waals surface area (Å²) in [6.07, 6.45) is -0.787. The van der Waals surface area contributed by atoms with E-state index in [2.05, 4.69) is 23.7 Å². The van der Waals surface area contributed by atoms with Crippen LogP contribution in [0.1, 0.15) is 89.8 Å². The van der Waals surface area contributed by atoms with Crippen molar-refractivity contribution in [2.45, 2.75) is 91.8 Å². The Labute approximate surface area is 283 Å². The Hall–Kier alpha value is -4.27. The molecule has 4 atom stereocenters. The number of carbonyl (C=O) groups is 2. The molecule has 0 saturated carbocycles. The second kappa shape index (κ2) is 13.7. The summed E-state index contributed by atoms with van der Waals surface area (Å²) in [7, 11) is 0. The molecule has 3 aromatic carbocycles. The van der Waals surface area contributed by atoms with Crippen molar-refractivity contribution in [3.8, 4) is 22.4 Å². The minimum absolute atomic E-state index is 0.120. The summed E-state index contributed by atoms with van der Waals surface area (Å²) in [4.78, 5) is 27.2. The number of aromatic nitrogens is 1. The Morgan fingerprint density at radius 3 is 1.98 bits per heavy atom. The number of nitrogens with one attached hydrogen (secondary N) is 1. The molecule has 48 heavy (non-hydrogen) atoms. The molecule has 254 valence electrons. The fraction of sp³-hybridized carbons (Fsp3) is 0.400. The van der Waals surface area contributed by atoms with E-state index in [0.29, 0.717) is 17.7 Å². The van der Waals surface area contributed by atoms with E-state index in [1.165, 1.54) is 12.1 Å². The summed E-state index contributed by atoms with van der Waals surface area (Å²) in [5.74, 6) is -3.52. The zero-order valence-electron chi connectivity index (χ0n) is 29.1. The molecule has 7 nitrogen and oxygen atoms in total. The van der Waals surface area contributed by atoms with Crippen LogP contribution < -0.4 is 5.32 Å². The number of hydrogen-bond donors (Lipinski definition) is 2. The summed E-state index contributed by atoms with van der Waals surface area (Å²) in [6.45, 7) is 15.5. The molecule has 4 aromatic rings. The van der Waals surface area contributed by atoms with Gasteiger partial charge in [0.1, 0.15) is 5.82 Å². The van der Waals surface area contributed by atoms with Gasteiger partial charge in [-0.05, 0) is 79.6 Å². The van der Waals surface area contributed by atoms with E-state index in [1.807, 2.05) is 102 Å². The highest BCUT2D eigenvalue weighted by atomic mass is 19.1. The summed E-state index contributed by atoms with van der Waals surface area (Å²) in [5.41, 5.74) is 4.47. The zero-order valence-corrected chi connectivity index (χ0v) is 29.1. The quantitative estimate of drug-likeness (QED) is 0.188. The van der Waals surface area contributed by atoms with E-state index in [9.17, 15) is 19.1 Å². The van der Waals surface area contributed by atoms with Gasteiger partial charge in [-0.1, -0.05) is 83.1 Å². The average Bonchev–Trinajstić information content (AvgIpc) is 3.37. The van der Waals surface area contributed by atoms with Crippen LogP contribution in [0.5, 0.6) is 0 Å². The molecule has 1 saturated heterocycles. The molecule has 5 rings (SSSR count). The number of ether oxygens (including phenoxy) is 2. The normalized spacial score (nSPS) is 19.1. The predicted molar refractivity (Wildman–Crippen MR) is 187 cm³/mol. The highest BCUT2D eigenvalue weighted by Gasteiger charge is 2.48. The summed E-state index contributed by atoms with van der Waals surface area (Å²) < 4.78 is 29.5. The molecular formula is C40H47FN2O5. The van der Waals surface area contributed by atoms with Gasteiger partial charge >= 0.3 is 5.97 Å². The molecule has 1 fully saturated rings. The van der Waals surface area contributed by atoms with Gasteiger partial charge in [0.2, 0.25) is 0 Å². The fourth-order valence-corrected chi connectivity index (χ4v) is 7.15. The first-order valence-electron chi connectivity index (χ1n) is 16.6. The molecule has 1 aromatic heterocycles. The lowest BCUT2D eigenvalue weighted by molar-refractivity contribution is -0.316. The third kappa shape index (κ3) is 7.25. The molecule has 0 spiro atoms. The van der Waals surface area contributed by atoms with Crippen molar-refractivity contribution in [1.29, 1.82) is 0 Å². The topological polar surface area (TPSA) is 89.8 Å². The van der Waals surface area contributed by atoms with Gasteiger partial charge < -0.3 is 24.5 Å². The second-order valence-corrected chi connectivity index (χ2v) is 14.6. The third-order valence-corrected chi connectivity index (χ3v) is 9.08. The molecule has 2 unspecified atom stereocenters. The Bertz CT molecular complexity index is 1740. The first-order chi connectivity index (χ1) is 22.6. The van der Waals surface area contributed by atoms with E-state index in [-0.39, 0.29) is 23.7 Å². The number of para-hydroxylation sites is 1. The van der Waals surface area contributed by atoms with Crippen molar-refractivity contribution in [1.82, 2.24) is 4.57 Å². The van der Waals surface area contributed by atoms with Crippen molar-refractivity contribution in [3.05, 3.63) is 102 Å². The van der Waals surface area contributed by atoms with Crippen molar-refractivity contribution in [2.75, 3.05) is 5.32 Å². The highest BCUT2D eigenvalue weighted by Crippen LogP contribution is 2.47. The smallest absolute Gasteiger partial charge is 0.309 e. The number of aliphatic carboxylic acids is 1. The Kier molecular flexibility index (Phi) is 9.99. The van der Waals surface area contributed by atoms with Gasteiger partial charge in [0.05, 0.1) is 35.4 Å². The number of nitrogens with zero attached hydrogens (tertiary/aromatic N) is 1. The lowest BCUT2D eigenvalue weighted by atomic mass is 9.75. The van der Waals surface area contributed by atoms with E-state index < -0.39 is 35.3 Å². The van der Waals surface area contributed by atoms with Crippen molar-refractivity contribution >= 4 is 17.6 Å². The zero-order chi connectivity index (χ0) is 35.0. The summed E-state index contributed by atoms with van der Waals surface area (Å²) >= 11 is 0. The van der Waals surface area contributed by atoms with Crippen molar-refractivity contribution in [2.24, 2.45) is 11.3 Å². The Balaban J connectivity index is 1.78. The molecule has 0 aliphatic carbocycles. The first kappa shape index (κ1) is 35.0. The van der Waals surface area contributed by atoms with Gasteiger partial charge in [0.25, 0.3) is 5.91 Å². The fourth-order valence-electron chi connectivity index (χ4n) is 7.15. The van der Waals surface area contributed by atoms with Gasteiger partial charge in [0, 0.05) is 23.4 Å². The first-order valence-corrected chi connectivity index (χ1v) is 16.6. The monoisotopic (exact) mass is 654 g/mol. The number of carboxylic acid groups (broad SMARTS) is 1. The number of carbonyl (C=O) groups excluding carboxylic acids is 1. The summed E-state index contributed by atoms with van der Waals surface area (Å²) in [6, 6.07) is 25.0. The minimum atomic E-state index is -1.07. The molecule has 0 radical (unpaired) electrons. The van der Waals surface area contributed by atoms with Gasteiger partial charge in [-0.2, -0.15) is 0 Å². The lowest BCUT2D eigenvalue weighted by Gasteiger charge is -2.47. The number of carboxylic acids is 1. The molecule has 2 heterocycles. The van der Waals surface area contributed by atoms with Crippen LogP contribution in [-0.2, 0) is 14.3 Å². The molecule has 2 N–H and O–H groups in total. The third-order valence-electron chi connectivity index (χ3n) is 9.08. The van der Waals surface area contributed by atoms with E-state index in [1.54, 1.807) is 12.1 Å². The van der Waals surface area contributed by atoms with Crippen molar-refractivity contribution in [3.63, 3.8) is 0 Å². The number of amides is 1. The highest BCUT2D eigenvalue weighted by molar-refractivity contribution is 6.12. The average molecular weight is 655 g/mol. The molecule has 1 aliphatic rings. The predicted octanol–water partition coefficient (Wildman–Crippen LogP) is 9.55. The number of rotatable bonds is 9. The molecule has 1 amide bonds. The Morgan fingerprint density at radius 2 is 1.44 bits per heavy atom. The van der Waals surface area contributed by atoms with Crippen LogP contribution in [0, 0.1) is 17.2 Å². The van der Waals surface area contributed by atoms with E-state index in [0.717, 1.165) is 28.1 Å². The van der Waals surface area contributed by atoms with Gasteiger partial charge in [-0.15, -0.1) is 0 Å². The number of anilines is 1. The van der Waals surface area contributed by atoms with Crippen LogP contribution in [0.3, 0.4) is 0 Å². The molecule has 1 aliphatic heterocycles.